The number of nitrogens with zero attached hydrogens (tertiary/aromatic N) is 2. The Labute approximate surface area is 172 Å². The number of fused-ring (bicyclic) bond motifs is 3. The van der Waals surface area contributed by atoms with Crippen LogP contribution < -0.4 is 4.90 Å². The summed E-state index contributed by atoms with van der Waals surface area (Å²) >= 11 is 5.94. The van der Waals surface area contributed by atoms with E-state index in [-0.39, 0.29) is 23.6 Å². The Hall–Kier alpha value is -2.57. The molecule has 148 valence electrons. The maximum absolute atomic E-state index is 13.3. The van der Waals surface area contributed by atoms with E-state index in [0.717, 1.165) is 12.8 Å². The van der Waals surface area contributed by atoms with E-state index in [4.69, 9.17) is 11.6 Å². The summed E-state index contributed by atoms with van der Waals surface area (Å²) in [7, 11) is 0. The Morgan fingerprint density at radius 1 is 0.966 bits per heavy atom. The number of carbonyl (C=O) groups excluding carboxylic acids is 3. The molecule has 3 aliphatic rings. The fraction of sp³-hybridized carbons (Fsp3) is 0.318. The predicted molar refractivity (Wildman–Crippen MR) is 105 cm³/mol. The average molecular weight is 413 g/mol. The van der Waals surface area contributed by atoms with Crippen molar-refractivity contribution in [2.24, 2.45) is 11.8 Å². The monoisotopic (exact) mass is 412 g/mol. The number of benzene rings is 2. The van der Waals surface area contributed by atoms with Crippen molar-refractivity contribution >= 4 is 34.9 Å². The van der Waals surface area contributed by atoms with Gasteiger partial charge in [0.2, 0.25) is 11.8 Å². The summed E-state index contributed by atoms with van der Waals surface area (Å²) in [5, 5.41) is 0.513. The van der Waals surface area contributed by atoms with Crippen LogP contribution in [0.4, 0.5) is 10.1 Å². The zero-order chi connectivity index (χ0) is 20.3. The molecule has 3 fully saturated rings. The summed E-state index contributed by atoms with van der Waals surface area (Å²) in [6.07, 6.45) is 1.66. The van der Waals surface area contributed by atoms with Crippen LogP contribution in [0.25, 0.3) is 0 Å². The Morgan fingerprint density at radius 3 is 2.31 bits per heavy atom. The van der Waals surface area contributed by atoms with Crippen LogP contribution in [0.2, 0.25) is 5.02 Å². The zero-order valence-corrected chi connectivity index (χ0v) is 16.2. The smallest absolute Gasteiger partial charge is 0.239 e. The fourth-order valence-electron chi connectivity index (χ4n) is 5.14. The summed E-state index contributed by atoms with van der Waals surface area (Å²) in [6, 6.07) is 11.1. The summed E-state index contributed by atoms with van der Waals surface area (Å²) < 4.78 is 13.3. The van der Waals surface area contributed by atoms with Crippen molar-refractivity contribution in [2.45, 2.75) is 24.9 Å². The van der Waals surface area contributed by atoms with Crippen LogP contribution in [0.5, 0.6) is 0 Å². The van der Waals surface area contributed by atoms with Gasteiger partial charge in [-0.1, -0.05) is 11.6 Å². The molecule has 7 heteroatoms. The minimum atomic E-state index is -0.721. The van der Waals surface area contributed by atoms with Crippen molar-refractivity contribution in [3.8, 4) is 0 Å². The number of hydrogen-bond donors (Lipinski definition) is 0. The number of anilines is 1. The first kappa shape index (κ1) is 18.5. The molecular formula is C22H18ClFN2O3. The van der Waals surface area contributed by atoms with Crippen molar-refractivity contribution in [2.75, 3.05) is 11.4 Å². The van der Waals surface area contributed by atoms with Gasteiger partial charge in [-0.3, -0.25) is 19.3 Å². The van der Waals surface area contributed by atoms with Gasteiger partial charge in [0.15, 0.2) is 5.78 Å². The van der Waals surface area contributed by atoms with E-state index in [2.05, 4.69) is 0 Å². The molecule has 2 aromatic carbocycles. The molecule has 0 unspecified atom stereocenters. The number of halogens is 2. The van der Waals surface area contributed by atoms with E-state index in [0.29, 0.717) is 22.8 Å². The molecule has 0 aromatic heterocycles. The third-order valence-corrected chi connectivity index (χ3v) is 6.59. The second-order valence-corrected chi connectivity index (χ2v) is 8.24. The number of hydrogen-bond acceptors (Lipinski definition) is 4. The van der Waals surface area contributed by atoms with Gasteiger partial charge >= 0.3 is 0 Å². The predicted octanol–water partition coefficient (Wildman–Crippen LogP) is 3.31. The lowest BCUT2D eigenvalue weighted by Gasteiger charge is -2.27. The number of imide groups is 1. The van der Waals surface area contributed by atoms with Crippen molar-refractivity contribution in [3.63, 3.8) is 0 Å². The van der Waals surface area contributed by atoms with Gasteiger partial charge in [0.25, 0.3) is 0 Å². The van der Waals surface area contributed by atoms with Crippen LogP contribution in [-0.4, -0.2) is 41.1 Å². The SMILES string of the molecule is O=C(c1ccc(F)cc1)[C@@H]1[C@@H]2C(=O)N(c3ccc(Cl)cc3)C(=O)[C@@H]2[C@@H]2CCCN12. The molecule has 3 aliphatic heterocycles. The van der Waals surface area contributed by atoms with Gasteiger partial charge in [-0.05, 0) is 67.9 Å². The summed E-state index contributed by atoms with van der Waals surface area (Å²) in [4.78, 5) is 43.1. The lowest BCUT2D eigenvalue weighted by Crippen LogP contribution is -2.46. The molecule has 0 aliphatic carbocycles. The molecule has 5 rings (SSSR count). The summed E-state index contributed by atoms with van der Waals surface area (Å²) in [6.45, 7) is 0.677. The average Bonchev–Trinajstić information content (AvgIpc) is 3.35. The first-order valence-corrected chi connectivity index (χ1v) is 10.0. The van der Waals surface area contributed by atoms with Gasteiger partial charge in [-0.15, -0.1) is 0 Å². The molecule has 4 atom stereocenters. The maximum Gasteiger partial charge on any atom is 0.239 e. The standard InChI is InChI=1S/C22H18ClFN2O3/c23-13-5-9-15(10-6-13)26-21(28)17-16-2-1-11-25(16)19(18(17)22(26)29)20(27)12-3-7-14(24)8-4-12/h3-10,16-19H,1-2,11H2/t16-,17+,18+,19-/m0/s1. The Morgan fingerprint density at radius 2 is 1.62 bits per heavy atom. The normalized spacial score (nSPS) is 28.7. The topological polar surface area (TPSA) is 57.7 Å². The van der Waals surface area contributed by atoms with Crippen LogP contribution in [-0.2, 0) is 9.59 Å². The molecule has 2 amide bonds. The first-order chi connectivity index (χ1) is 14.0. The highest BCUT2D eigenvalue weighted by Gasteiger charge is 2.64. The highest BCUT2D eigenvalue weighted by atomic mass is 35.5. The van der Waals surface area contributed by atoms with Gasteiger partial charge < -0.3 is 0 Å². The lowest BCUT2D eigenvalue weighted by molar-refractivity contribution is -0.123. The maximum atomic E-state index is 13.3. The molecule has 0 radical (unpaired) electrons. The zero-order valence-electron chi connectivity index (χ0n) is 15.4. The molecular weight excluding hydrogens is 395 g/mol. The highest BCUT2D eigenvalue weighted by molar-refractivity contribution is 6.31. The van der Waals surface area contributed by atoms with Crippen molar-refractivity contribution in [1.29, 1.82) is 0 Å². The third kappa shape index (κ3) is 2.74. The van der Waals surface area contributed by atoms with E-state index in [9.17, 15) is 18.8 Å². The number of Topliss-reactive ketones (excluding diaryl/α,β-unsaturated/α-hetero) is 1. The molecule has 0 spiro atoms. The number of carbonyl (C=O) groups is 3. The largest absolute Gasteiger partial charge is 0.292 e. The van der Waals surface area contributed by atoms with Crippen molar-refractivity contribution in [3.05, 3.63) is 64.9 Å². The van der Waals surface area contributed by atoms with Crippen LogP contribution in [0, 0.1) is 17.7 Å². The molecule has 3 saturated heterocycles. The molecule has 2 aromatic rings. The van der Waals surface area contributed by atoms with Crippen molar-refractivity contribution in [1.82, 2.24) is 4.90 Å². The van der Waals surface area contributed by atoms with E-state index in [1.54, 1.807) is 24.3 Å². The quantitative estimate of drug-likeness (QED) is 0.573. The molecule has 0 N–H and O–H groups in total. The third-order valence-electron chi connectivity index (χ3n) is 6.33. The second-order valence-electron chi connectivity index (χ2n) is 7.80. The summed E-state index contributed by atoms with van der Waals surface area (Å²) in [5.74, 6) is -2.52. The molecule has 0 saturated carbocycles. The molecule has 5 nitrogen and oxygen atoms in total. The number of ketones is 1. The van der Waals surface area contributed by atoms with Crippen LogP contribution in [0.3, 0.4) is 0 Å². The van der Waals surface area contributed by atoms with Crippen LogP contribution in [0.15, 0.2) is 48.5 Å². The van der Waals surface area contributed by atoms with Gasteiger partial charge in [0.1, 0.15) is 5.82 Å². The van der Waals surface area contributed by atoms with Gasteiger partial charge in [0.05, 0.1) is 23.6 Å². The second kappa shape index (κ2) is 6.75. The lowest BCUT2D eigenvalue weighted by atomic mass is 9.85. The van der Waals surface area contributed by atoms with Crippen molar-refractivity contribution < 1.29 is 18.8 Å². The summed E-state index contributed by atoms with van der Waals surface area (Å²) in [5.41, 5.74) is 0.823. The molecule has 3 heterocycles. The van der Waals surface area contributed by atoms with E-state index in [1.165, 1.54) is 29.2 Å². The van der Waals surface area contributed by atoms with E-state index >= 15 is 0 Å². The van der Waals surface area contributed by atoms with E-state index < -0.39 is 23.7 Å². The van der Waals surface area contributed by atoms with Gasteiger partial charge in [-0.2, -0.15) is 0 Å². The Kier molecular flexibility index (Phi) is 4.29. The highest BCUT2D eigenvalue weighted by Crippen LogP contribution is 2.48. The Bertz CT molecular complexity index is 1010. The fourth-order valence-corrected chi connectivity index (χ4v) is 5.27. The van der Waals surface area contributed by atoms with Gasteiger partial charge in [-0.25, -0.2) is 9.29 Å². The van der Waals surface area contributed by atoms with E-state index in [1.807, 2.05) is 4.90 Å². The van der Waals surface area contributed by atoms with Gasteiger partial charge in [0, 0.05) is 16.6 Å². The molecule has 0 bridgehead atoms. The number of rotatable bonds is 3. The molecule has 29 heavy (non-hydrogen) atoms. The minimum absolute atomic E-state index is 0.122. The van der Waals surface area contributed by atoms with Crippen LogP contribution >= 0.6 is 11.6 Å². The van der Waals surface area contributed by atoms with Crippen LogP contribution in [0.1, 0.15) is 23.2 Å². The first-order valence-electron chi connectivity index (χ1n) is 9.66. The number of amides is 2. The Balaban J connectivity index is 1.54. The minimum Gasteiger partial charge on any atom is -0.292 e.